The Hall–Kier alpha value is -7.84. The molecule has 0 fully saturated rings. The summed E-state index contributed by atoms with van der Waals surface area (Å²) >= 11 is 0. The average molecular weight is 661 g/mol. The Bertz CT molecular complexity index is 2170. The predicted molar refractivity (Wildman–Crippen MR) is 196 cm³/mol. The van der Waals surface area contributed by atoms with E-state index in [-0.39, 0.29) is 45.1 Å². The second-order valence-electron chi connectivity index (χ2n) is 10.8. The van der Waals surface area contributed by atoms with E-state index < -0.39 is 9.85 Å². The van der Waals surface area contributed by atoms with Gasteiger partial charge in [0.2, 0.25) is 0 Å². The lowest BCUT2D eigenvalue weighted by Crippen LogP contribution is -2.01. The fraction of sp³-hybridized carbons (Fsp3) is 0. The summed E-state index contributed by atoms with van der Waals surface area (Å²) in [6.07, 6.45) is 0. The molecule has 0 aliphatic heterocycles. The largest absolute Gasteiger partial charge is 0.452 e. The highest BCUT2D eigenvalue weighted by molar-refractivity contribution is 5.69. The Kier molecular flexibility index (Phi) is 10.3. The molecule has 0 saturated carbocycles. The molecule has 240 valence electrons. The van der Waals surface area contributed by atoms with Gasteiger partial charge in [-0.1, -0.05) is 120 Å². The standard InChI is InChI=1S/C44H24N2O5/c47-45(48)41-29-37(25-21-33-13-5-1-6-14-33)43(38(30-41)26-22-34-15-7-2-8-16-34)51-44-39(27-23-35-17-9-3-10-18-35)31-42(46(49)50)32-40(44)28-24-36-19-11-4-12-20-36/h1-20,29-32H. The molecule has 0 radical (unpaired) electrons. The van der Waals surface area contributed by atoms with Crippen molar-refractivity contribution in [3.63, 3.8) is 0 Å². The van der Waals surface area contributed by atoms with E-state index in [2.05, 4.69) is 47.4 Å². The maximum Gasteiger partial charge on any atom is 0.272 e. The third-order valence-electron chi connectivity index (χ3n) is 7.23. The molecule has 0 aliphatic rings. The maximum absolute atomic E-state index is 12.1. The number of non-ortho nitro benzene ring substituents is 2. The van der Waals surface area contributed by atoms with Crippen molar-refractivity contribution in [2.75, 3.05) is 0 Å². The van der Waals surface area contributed by atoms with Crippen LogP contribution in [0.5, 0.6) is 11.5 Å². The van der Waals surface area contributed by atoms with Gasteiger partial charge >= 0.3 is 0 Å². The first-order valence-electron chi connectivity index (χ1n) is 15.5. The number of hydrogen-bond acceptors (Lipinski definition) is 5. The van der Waals surface area contributed by atoms with Crippen molar-refractivity contribution in [1.29, 1.82) is 0 Å². The van der Waals surface area contributed by atoms with Gasteiger partial charge in [-0.2, -0.15) is 0 Å². The molecule has 6 aromatic carbocycles. The molecule has 0 amide bonds. The average Bonchev–Trinajstić information content (AvgIpc) is 3.17. The van der Waals surface area contributed by atoms with Crippen LogP contribution in [0.4, 0.5) is 11.4 Å². The number of nitrogens with zero attached hydrogens (tertiary/aromatic N) is 2. The molecule has 0 bridgehead atoms. The summed E-state index contributed by atoms with van der Waals surface area (Å²) in [5.41, 5.74) is 2.90. The smallest absolute Gasteiger partial charge is 0.272 e. The van der Waals surface area contributed by atoms with Gasteiger partial charge in [-0.25, -0.2) is 0 Å². The molecular weight excluding hydrogens is 636 g/mol. The highest BCUT2D eigenvalue weighted by Crippen LogP contribution is 2.37. The number of ether oxygens (including phenoxy) is 1. The van der Waals surface area contributed by atoms with Gasteiger partial charge in [0.15, 0.2) is 11.5 Å². The fourth-order valence-corrected chi connectivity index (χ4v) is 4.78. The van der Waals surface area contributed by atoms with Crippen LogP contribution in [0.3, 0.4) is 0 Å². The lowest BCUT2D eigenvalue weighted by molar-refractivity contribution is -0.385. The van der Waals surface area contributed by atoms with Crippen LogP contribution in [0.1, 0.15) is 44.5 Å². The molecule has 0 aliphatic carbocycles. The van der Waals surface area contributed by atoms with Gasteiger partial charge in [-0.15, -0.1) is 0 Å². The van der Waals surface area contributed by atoms with Crippen LogP contribution in [-0.4, -0.2) is 9.85 Å². The summed E-state index contributed by atoms with van der Waals surface area (Å²) in [4.78, 5) is 23.2. The monoisotopic (exact) mass is 660 g/mol. The van der Waals surface area contributed by atoms with Crippen LogP contribution in [0.15, 0.2) is 146 Å². The first-order valence-corrected chi connectivity index (χ1v) is 15.5. The van der Waals surface area contributed by atoms with Crippen molar-refractivity contribution < 1.29 is 14.6 Å². The highest BCUT2D eigenvalue weighted by atomic mass is 16.6. The van der Waals surface area contributed by atoms with Crippen LogP contribution >= 0.6 is 0 Å². The van der Waals surface area contributed by atoms with E-state index in [1.54, 1.807) is 0 Å². The molecule has 0 saturated heterocycles. The minimum Gasteiger partial charge on any atom is -0.452 e. The molecule has 6 rings (SSSR count). The number of nitro groups is 2. The first-order chi connectivity index (χ1) is 24.9. The summed E-state index contributed by atoms with van der Waals surface area (Å²) < 4.78 is 6.67. The van der Waals surface area contributed by atoms with Crippen LogP contribution in [0.2, 0.25) is 0 Å². The van der Waals surface area contributed by atoms with E-state index in [0.717, 1.165) is 0 Å². The lowest BCUT2D eigenvalue weighted by Gasteiger charge is -2.14. The zero-order valence-electron chi connectivity index (χ0n) is 26.8. The minimum atomic E-state index is -0.523. The van der Waals surface area contributed by atoms with Gasteiger partial charge < -0.3 is 4.74 Å². The van der Waals surface area contributed by atoms with Crippen molar-refractivity contribution in [2.45, 2.75) is 0 Å². The van der Waals surface area contributed by atoms with Crippen LogP contribution in [0.25, 0.3) is 0 Å². The molecule has 0 unspecified atom stereocenters. The summed E-state index contributed by atoms with van der Waals surface area (Å²) in [5.74, 6) is 24.6. The quantitative estimate of drug-likeness (QED) is 0.107. The Morgan fingerprint density at radius 1 is 0.373 bits per heavy atom. The molecule has 0 N–H and O–H groups in total. The van der Waals surface area contributed by atoms with Crippen LogP contribution in [0, 0.1) is 67.6 Å². The lowest BCUT2D eigenvalue weighted by atomic mass is 10.0. The summed E-state index contributed by atoms with van der Waals surface area (Å²) in [6.45, 7) is 0. The van der Waals surface area contributed by atoms with E-state index in [0.29, 0.717) is 22.3 Å². The third-order valence-corrected chi connectivity index (χ3v) is 7.23. The van der Waals surface area contributed by atoms with Crippen molar-refractivity contribution in [3.05, 3.63) is 210 Å². The van der Waals surface area contributed by atoms with Crippen molar-refractivity contribution in [2.24, 2.45) is 0 Å². The molecular formula is C44H24N2O5. The second kappa shape index (κ2) is 15.8. The molecule has 6 aromatic rings. The highest BCUT2D eigenvalue weighted by Gasteiger charge is 2.22. The molecule has 7 heteroatoms. The number of hydrogen-bond donors (Lipinski definition) is 0. The SMILES string of the molecule is O=[N+]([O-])c1cc(C#Cc2ccccc2)c(Oc2c(C#Cc3ccccc3)cc([N+](=O)[O-])cc2C#Cc2ccccc2)c(C#Cc2ccccc2)c1. The van der Waals surface area contributed by atoms with Crippen molar-refractivity contribution in [3.8, 4) is 58.9 Å². The Morgan fingerprint density at radius 3 is 0.824 bits per heavy atom. The number of benzene rings is 6. The van der Waals surface area contributed by atoms with Gasteiger partial charge in [0.05, 0.1) is 32.1 Å². The van der Waals surface area contributed by atoms with Gasteiger partial charge in [0.25, 0.3) is 11.4 Å². The fourth-order valence-electron chi connectivity index (χ4n) is 4.78. The van der Waals surface area contributed by atoms with Gasteiger partial charge in [0, 0.05) is 46.5 Å². The summed E-state index contributed by atoms with van der Waals surface area (Å²) in [5, 5.41) is 24.3. The topological polar surface area (TPSA) is 95.5 Å². The Morgan fingerprint density at radius 2 is 0.608 bits per heavy atom. The minimum absolute atomic E-state index is 0.104. The van der Waals surface area contributed by atoms with Crippen molar-refractivity contribution >= 4 is 11.4 Å². The maximum atomic E-state index is 12.1. The molecule has 0 atom stereocenters. The summed E-state index contributed by atoms with van der Waals surface area (Å²) in [7, 11) is 0. The number of rotatable bonds is 4. The molecule has 7 nitrogen and oxygen atoms in total. The molecule has 0 heterocycles. The molecule has 51 heavy (non-hydrogen) atoms. The van der Waals surface area contributed by atoms with Crippen molar-refractivity contribution in [1.82, 2.24) is 0 Å². The normalized spacial score (nSPS) is 9.65. The predicted octanol–water partition coefficient (Wildman–Crippen LogP) is 8.89. The van der Waals surface area contributed by atoms with Gasteiger partial charge in [0.1, 0.15) is 0 Å². The molecule has 0 spiro atoms. The number of nitro benzene ring substituents is 2. The van der Waals surface area contributed by atoms with Crippen LogP contribution < -0.4 is 4.74 Å². The first kappa shape index (κ1) is 33.1. The molecule has 0 aromatic heterocycles. The Balaban J connectivity index is 1.63. The van der Waals surface area contributed by atoms with Gasteiger partial charge in [-0.05, 0) is 48.5 Å². The van der Waals surface area contributed by atoms with E-state index >= 15 is 0 Å². The van der Waals surface area contributed by atoms with Gasteiger partial charge in [-0.3, -0.25) is 20.2 Å². The Labute approximate surface area is 294 Å². The van der Waals surface area contributed by atoms with E-state index in [1.165, 1.54) is 24.3 Å². The van der Waals surface area contributed by atoms with Crippen LogP contribution in [-0.2, 0) is 0 Å². The summed E-state index contributed by atoms with van der Waals surface area (Å²) in [6, 6.07) is 41.8. The van der Waals surface area contributed by atoms with E-state index in [4.69, 9.17) is 4.74 Å². The zero-order chi connectivity index (χ0) is 35.4. The van der Waals surface area contributed by atoms with E-state index in [9.17, 15) is 20.2 Å². The van der Waals surface area contributed by atoms with E-state index in [1.807, 2.05) is 121 Å². The third kappa shape index (κ3) is 8.75. The second-order valence-corrected chi connectivity index (χ2v) is 10.8. The zero-order valence-corrected chi connectivity index (χ0v) is 26.8.